The molecular weight excluding hydrogens is 452 g/mol. The zero-order chi connectivity index (χ0) is 23.5. The SMILES string of the molecule is COc1nccnc1N1CCN(C(=O)c2ccc(Nc3ccnc4cc(Cl)ccc34)cc2)CC1. The van der Waals surface area contributed by atoms with E-state index in [1.54, 1.807) is 25.7 Å². The number of benzene rings is 2. The number of carbonyl (C=O) groups is 1. The molecule has 3 heterocycles. The van der Waals surface area contributed by atoms with Crippen molar-refractivity contribution < 1.29 is 9.53 Å². The lowest BCUT2D eigenvalue weighted by Gasteiger charge is -2.35. The van der Waals surface area contributed by atoms with Gasteiger partial charge in [0.2, 0.25) is 0 Å². The fourth-order valence-corrected chi connectivity index (χ4v) is 4.23. The van der Waals surface area contributed by atoms with Crippen LogP contribution in [0.4, 0.5) is 17.2 Å². The quantitative estimate of drug-likeness (QED) is 0.459. The first kappa shape index (κ1) is 21.9. The van der Waals surface area contributed by atoms with E-state index in [-0.39, 0.29) is 5.91 Å². The van der Waals surface area contributed by atoms with Crippen LogP contribution in [0, 0.1) is 0 Å². The average molecular weight is 475 g/mol. The van der Waals surface area contributed by atoms with Crippen LogP contribution in [0.1, 0.15) is 10.4 Å². The van der Waals surface area contributed by atoms with Gasteiger partial charge in [-0.3, -0.25) is 9.78 Å². The summed E-state index contributed by atoms with van der Waals surface area (Å²) in [7, 11) is 1.58. The zero-order valence-electron chi connectivity index (χ0n) is 18.6. The predicted octanol–water partition coefficient (Wildman–Crippen LogP) is 4.39. The van der Waals surface area contributed by atoms with Crippen molar-refractivity contribution in [1.82, 2.24) is 19.9 Å². The number of fused-ring (bicyclic) bond motifs is 1. The molecule has 2 aromatic carbocycles. The third kappa shape index (κ3) is 4.45. The summed E-state index contributed by atoms with van der Waals surface area (Å²) in [6, 6.07) is 15.1. The summed E-state index contributed by atoms with van der Waals surface area (Å²) in [6.07, 6.45) is 5.00. The Morgan fingerprint density at radius 1 is 0.941 bits per heavy atom. The first-order valence-electron chi connectivity index (χ1n) is 10.9. The Balaban J connectivity index is 1.24. The Morgan fingerprint density at radius 3 is 2.47 bits per heavy atom. The monoisotopic (exact) mass is 474 g/mol. The summed E-state index contributed by atoms with van der Waals surface area (Å²) in [4.78, 5) is 30.0. The third-order valence-electron chi connectivity index (χ3n) is 5.82. The van der Waals surface area contributed by atoms with Crippen molar-refractivity contribution in [2.24, 2.45) is 0 Å². The molecule has 1 amide bonds. The lowest BCUT2D eigenvalue weighted by atomic mass is 10.1. The van der Waals surface area contributed by atoms with E-state index in [0.717, 1.165) is 22.3 Å². The Morgan fingerprint density at radius 2 is 1.71 bits per heavy atom. The third-order valence-corrected chi connectivity index (χ3v) is 6.06. The second-order valence-electron chi connectivity index (χ2n) is 7.89. The zero-order valence-corrected chi connectivity index (χ0v) is 19.4. The molecule has 0 unspecified atom stereocenters. The summed E-state index contributed by atoms with van der Waals surface area (Å²) in [5.74, 6) is 1.22. The highest BCUT2D eigenvalue weighted by molar-refractivity contribution is 6.31. The van der Waals surface area contributed by atoms with Crippen LogP contribution in [0.15, 0.2) is 67.1 Å². The van der Waals surface area contributed by atoms with Gasteiger partial charge < -0.3 is 19.9 Å². The number of methoxy groups -OCH3 is 1. The maximum absolute atomic E-state index is 13.1. The van der Waals surface area contributed by atoms with E-state index in [4.69, 9.17) is 16.3 Å². The number of halogens is 1. The molecule has 4 aromatic rings. The molecule has 0 radical (unpaired) electrons. The van der Waals surface area contributed by atoms with Crippen LogP contribution in [0.25, 0.3) is 10.9 Å². The normalized spacial score (nSPS) is 13.7. The van der Waals surface area contributed by atoms with Crippen LogP contribution in [0.2, 0.25) is 5.02 Å². The summed E-state index contributed by atoms with van der Waals surface area (Å²) in [6.45, 7) is 2.54. The minimum absolute atomic E-state index is 0.0151. The highest BCUT2D eigenvalue weighted by Gasteiger charge is 2.25. The summed E-state index contributed by atoms with van der Waals surface area (Å²) in [5, 5.41) is 5.03. The predicted molar refractivity (Wildman–Crippen MR) is 133 cm³/mol. The van der Waals surface area contributed by atoms with Gasteiger partial charge in [-0.25, -0.2) is 9.97 Å². The van der Waals surface area contributed by atoms with Gasteiger partial charge in [0.1, 0.15) is 0 Å². The van der Waals surface area contributed by atoms with Crippen LogP contribution in [0.3, 0.4) is 0 Å². The second kappa shape index (κ2) is 9.52. The van der Waals surface area contributed by atoms with E-state index in [0.29, 0.717) is 48.5 Å². The molecule has 9 heteroatoms. The standard InChI is InChI=1S/C25H23ClN6O2/c1-34-24-23(28-10-11-29-24)31-12-14-32(15-13-31)25(33)17-2-5-19(6-3-17)30-21-8-9-27-22-16-18(26)4-7-20(21)22/h2-11,16H,12-15H2,1H3,(H,27,30). The number of aromatic nitrogens is 3. The lowest BCUT2D eigenvalue weighted by molar-refractivity contribution is 0.0746. The van der Waals surface area contributed by atoms with Gasteiger partial charge in [0.25, 0.3) is 11.8 Å². The topological polar surface area (TPSA) is 83.5 Å². The van der Waals surface area contributed by atoms with Gasteiger partial charge in [-0.1, -0.05) is 11.6 Å². The van der Waals surface area contributed by atoms with E-state index in [9.17, 15) is 4.79 Å². The first-order chi connectivity index (χ1) is 16.6. The molecule has 1 aliphatic heterocycles. The number of amides is 1. The number of anilines is 3. The van der Waals surface area contributed by atoms with Crippen molar-refractivity contribution in [1.29, 1.82) is 0 Å². The van der Waals surface area contributed by atoms with Crippen molar-refractivity contribution >= 4 is 45.6 Å². The Labute approximate surface area is 202 Å². The number of nitrogens with zero attached hydrogens (tertiary/aromatic N) is 5. The second-order valence-corrected chi connectivity index (χ2v) is 8.33. The van der Waals surface area contributed by atoms with Crippen molar-refractivity contribution in [2.75, 3.05) is 43.5 Å². The number of pyridine rings is 1. The number of carbonyl (C=O) groups excluding carboxylic acids is 1. The largest absolute Gasteiger partial charge is 0.478 e. The van der Waals surface area contributed by atoms with Gasteiger partial charge in [0, 0.05) is 72.1 Å². The number of nitrogens with one attached hydrogen (secondary N) is 1. The molecule has 0 saturated carbocycles. The minimum Gasteiger partial charge on any atom is -0.478 e. The number of hydrogen-bond donors (Lipinski definition) is 1. The van der Waals surface area contributed by atoms with E-state index in [2.05, 4.69) is 25.2 Å². The molecule has 172 valence electrons. The molecule has 34 heavy (non-hydrogen) atoms. The van der Waals surface area contributed by atoms with Gasteiger partial charge in [-0.15, -0.1) is 0 Å². The van der Waals surface area contributed by atoms with Crippen molar-refractivity contribution in [2.45, 2.75) is 0 Å². The fourth-order valence-electron chi connectivity index (χ4n) is 4.06. The van der Waals surface area contributed by atoms with Crippen LogP contribution in [0.5, 0.6) is 5.88 Å². The number of ether oxygens (including phenoxy) is 1. The molecule has 5 rings (SSSR count). The highest BCUT2D eigenvalue weighted by atomic mass is 35.5. The fraction of sp³-hybridized carbons (Fsp3) is 0.200. The van der Waals surface area contributed by atoms with Crippen molar-refractivity contribution in [3.63, 3.8) is 0 Å². The Hall–Kier alpha value is -3.91. The Bertz CT molecular complexity index is 1320. The summed E-state index contributed by atoms with van der Waals surface area (Å²) in [5.41, 5.74) is 3.29. The van der Waals surface area contributed by atoms with E-state index >= 15 is 0 Å². The maximum Gasteiger partial charge on any atom is 0.257 e. The molecule has 8 nitrogen and oxygen atoms in total. The molecule has 1 N–H and O–H groups in total. The summed E-state index contributed by atoms with van der Waals surface area (Å²) < 4.78 is 5.31. The molecule has 1 saturated heterocycles. The summed E-state index contributed by atoms with van der Waals surface area (Å²) >= 11 is 6.08. The molecule has 1 aliphatic rings. The van der Waals surface area contributed by atoms with Crippen LogP contribution in [-0.2, 0) is 0 Å². The number of rotatable bonds is 5. The molecular formula is C25H23ClN6O2. The highest BCUT2D eigenvalue weighted by Crippen LogP contribution is 2.28. The van der Waals surface area contributed by atoms with Gasteiger partial charge >= 0.3 is 0 Å². The molecule has 2 aromatic heterocycles. The van der Waals surface area contributed by atoms with Gasteiger partial charge in [0.15, 0.2) is 5.82 Å². The molecule has 0 bridgehead atoms. The first-order valence-corrected chi connectivity index (χ1v) is 11.3. The molecule has 0 atom stereocenters. The van der Waals surface area contributed by atoms with Crippen LogP contribution in [-0.4, -0.2) is 59.0 Å². The maximum atomic E-state index is 13.1. The van der Waals surface area contributed by atoms with Crippen LogP contribution < -0.4 is 15.0 Å². The lowest BCUT2D eigenvalue weighted by Crippen LogP contribution is -2.49. The van der Waals surface area contributed by atoms with E-state index < -0.39 is 0 Å². The molecule has 1 fully saturated rings. The van der Waals surface area contributed by atoms with E-state index in [1.807, 2.05) is 53.4 Å². The molecule has 0 aliphatic carbocycles. The van der Waals surface area contributed by atoms with Gasteiger partial charge in [-0.05, 0) is 48.5 Å². The average Bonchev–Trinajstić information content (AvgIpc) is 2.89. The van der Waals surface area contributed by atoms with E-state index in [1.165, 1.54) is 0 Å². The van der Waals surface area contributed by atoms with Gasteiger partial charge in [0.05, 0.1) is 12.6 Å². The van der Waals surface area contributed by atoms with Crippen molar-refractivity contribution in [3.8, 4) is 5.88 Å². The Kier molecular flexibility index (Phi) is 6.14. The number of piperazine rings is 1. The molecule has 0 spiro atoms. The van der Waals surface area contributed by atoms with Crippen molar-refractivity contribution in [3.05, 3.63) is 77.7 Å². The van der Waals surface area contributed by atoms with Gasteiger partial charge in [-0.2, -0.15) is 0 Å². The number of hydrogen-bond acceptors (Lipinski definition) is 7. The minimum atomic E-state index is 0.0151. The van der Waals surface area contributed by atoms with Crippen LogP contribution >= 0.6 is 11.6 Å². The smallest absolute Gasteiger partial charge is 0.257 e.